The molecule has 0 spiro atoms. The molecular weight excluding hydrogens is 304 g/mol. The van der Waals surface area contributed by atoms with Gasteiger partial charge < -0.3 is 9.88 Å². The van der Waals surface area contributed by atoms with Crippen molar-refractivity contribution in [3.8, 4) is 0 Å². The number of aryl methyl sites for hydroxylation is 1. The van der Waals surface area contributed by atoms with Crippen molar-refractivity contribution in [2.24, 2.45) is 11.3 Å². The summed E-state index contributed by atoms with van der Waals surface area (Å²) in [5.41, 5.74) is 1.25. The van der Waals surface area contributed by atoms with Gasteiger partial charge in [-0.2, -0.15) is 0 Å². The zero-order valence-corrected chi connectivity index (χ0v) is 13.0. The molecule has 0 unspecified atom stereocenters. The highest BCUT2D eigenvalue weighted by Gasteiger charge is 2.53. The maximum Gasteiger partial charge on any atom is 0.267 e. The van der Waals surface area contributed by atoms with Crippen LogP contribution >= 0.6 is 15.9 Å². The molecular formula is C15H21BrN2O. The first-order valence-electron chi connectivity index (χ1n) is 7.28. The van der Waals surface area contributed by atoms with E-state index < -0.39 is 0 Å². The van der Waals surface area contributed by atoms with Gasteiger partial charge in [-0.1, -0.05) is 6.92 Å². The smallest absolute Gasteiger partial charge is 0.267 e. The molecule has 3 rings (SSSR count). The lowest BCUT2D eigenvalue weighted by atomic mass is 10.0. The second-order valence-corrected chi connectivity index (χ2v) is 6.97. The van der Waals surface area contributed by atoms with Crippen LogP contribution in [0.2, 0.25) is 0 Å². The molecule has 2 fully saturated rings. The van der Waals surface area contributed by atoms with E-state index in [0.29, 0.717) is 5.41 Å². The molecule has 4 heteroatoms. The maximum atomic E-state index is 12.3. The lowest BCUT2D eigenvalue weighted by molar-refractivity contribution is 0.0933. The second kappa shape index (κ2) is 4.97. The Morgan fingerprint density at radius 3 is 2.84 bits per heavy atom. The van der Waals surface area contributed by atoms with E-state index in [1.54, 1.807) is 0 Å². The Morgan fingerprint density at radius 2 is 2.26 bits per heavy atom. The van der Waals surface area contributed by atoms with E-state index in [1.807, 2.05) is 16.8 Å². The first-order chi connectivity index (χ1) is 9.14. The molecule has 1 heterocycles. The number of aromatic nitrogens is 1. The molecule has 0 bridgehead atoms. The number of hydrogen-bond acceptors (Lipinski definition) is 1. The summed E-state index contributed by atoms with van der Waals surface area (Å²) in [4.78, 5) is 12.3. The summed E-state index contributed by atoms with van der Waals surface area (Å²) in [5, 5.41) is 3.15. The van der Waals surface area contributed by atoms with Gasteiger partial charge in [0.1, 0.15) is 5.69 Å². The van der Waals surface area contributed by atoms with E-state index in [4.69, 9.17) is 0 Å². The molecule has 1 N–H and O–H groups in total. The fraction of sp³-hybridized carbons (Fsp3) is 0.667. The van der Waals surface area contributed by atoms with Gasteiger partial charge in [-0.25, -0.2) is 0 Å². The fourth-order valence-corrected chi connectivity index (χ4v) is 3.49. The van der Waals surface area contributed by atoms with Crippen molar-refractivity contribution in [2.45, 2.75) is 45.6 Å². The molecule has 0 aliphatic heterocycles. The predicted molar refractivity (Wildman–Crippen MR) is 79.1 cm³/mol. The van der Waals surface area contributed by atoms with Crippen molar-refractivity contribution in [3.63, 3.8) is 0 Å². The zero-order chi connectivity index (χ0) is 13.5. The highest BCUT2D eigenvalue weighted by atomic mass is 79.9. The molecule has 1 aromatic heterocycles. The molecule has 2 aliphatic rings. The van der Waals surface area contributed by atoms with Gasteiger partial charge in [0.05, 0.1) is 0 Å². The quantitative estimate of drug-likeness (QED) is 0.852. The molecule has 1 aromatic rings. The summed E-state index contributed by atoms with van der Waals surface area (Å²) in [6, 6.07) is 1.92. The van der Waals surface area contributed by atoms with E-state index in [1.165, 1.54) is 25.7 Å². The molecule has 0 aromatic carbocycles. The van der Waals surface area contributed by atoms with Crippen LogP contribution in [0, 0.1) is 11.3 Å². The average molecular weight is 325 g/mol. The SMILES string of the molecule is CCCn1cc(Br)cc1C(=O)NCC1(C2CC2)CC1. The van der Waals surface area contributed by atoms with Gasteiger partial charge in [0, 0.05) is 23.8 Å². The standard InChI is InChI=1S/C15H21BrN2O/c1-2-7-18-9-12(16)8-13(18)14(19)17-10-15(5-6-15)11-3-4-11/h8-9,11H,2-7,10H2,1H3,(H,17,19). The van der Waals surface area contributed by atoms with Gasteiger partial charge in [0.15, 0.2) is 0 Å². The van der Waals surface area contributed by atoms with Crippen LogP contribution in [-0.2, 0) is 6.54 Å². The highest BCUT2D eigenvalue weighted by Crippen LogP contribution is 2.60. The minimum atomic E-state index is 0.0751. The van der Waals surface area contributed by atoms with E-state index in [-0.39, 0.29) is 5.91 Å². The van der Waals surface area contributed by atoms with Gasteiger partial charge in [-0.15, -0.1) is 0 Å². The summed E-state index contributed by atoms with van der Waals surface area (Å²) < 4.78 is 3.02. The van der Waals surface area contributed by atoms with E-state index in [0.717, 1.165) is 35.6 Å². The number of nitrogens with zero attached hydrogens (tertiary/aromatic N) is 1. The first kappa shape index (κ1) is 13.2. The van der Waals surface area contributed by atoms with Crippen LogP contribution in [-0.4, -0.2) is 17.0 Å². The molecule has 1 amide bonds. The van der Waals surface area contributed by atoms with Crippen molar-refractivity contribution in [2.75, 3.05) is 6.54 Å². The maximum absolute atomic E-state index is 12.3. The van der Waals surface area contributed by atoms with Crippen molar-refractivity contribution in [3.05, 3.63) is 22.4 Å². The van der Waals surface area contributed by atoms with Gasteiger partial charge in [-0.05, 0) is 65.4 Å². The zero-order valence-electron chi connectivity index (χ0n) is 11.4. The molecule has 19 heavy (non-hydrogen) atoms. The number of hydrogen-bond donors (Lipinski definition) is 1. The monoisotopic (exact) mass is 324 g/mol. The number of amides is 1. The minimum Gasteiger partial charge on any atom is -0.350 e. The Hall–Kier alpha value is -0.770. The van der Waals surface area contributed by atoms with Crippen molar-refractivity contribution in [1.29, 1.82) is 0 Å². The first-order valence-corrected chi connectivity index (χ1v) is 8.08. The lowest BCUT2D eigenvalue weighted by Crippen LogP contribution is -2.32. The molecule has 2 aliphatic carbocycles. The number of rotatable bonds is 6. The normalized spacial score (nSPS) is 20.3. The van der Waals surface area contributed by atoms with Crippen molar-refractivity contribution < 1.29 is 4.79 Å². The van der Waals surface area contributed by atoms with E-state index >= 15 is 0 Å². The van der Waals surface area contributed by atoms with Crippen LogP contribution in [0.4, 0.5) is 0 Å². The number of halogens is 1. The number of carbonyl (C=O) groups is 1. The van der Waals surface area contributed by atoms with Crippen LogP contribution in [0.5, 0.6) is 0 Å². The summed E-state index contributed by atoms with van der Waals surface area (Å²) in [6.45, 7) is 3.88. The highest BCUT2D eigenvalue weighted by molar-refractivity contribution is 9.10. The Balaban J connectivity index is 1.63. The van der Waals surface area contributed by atoms with Gasteiger partial charge >= 0.3 is 0 Å². The van der Waals surface area contributed by atoms with Gasteiger partial charge in [0.2, 0.25) is 0 Å². The third-order valence-electron chi connectivity index (χ3n) is 4.50. The molecule has 104 valence electrons. The third kappa shape index (κ3) is 2.73. The Morgan fingerprint density at radius 1 is 1.53 bits per heavy atom. The van der Waals surface area contributed by atoms with Gasteiger partial charge in [0.25, 0.3) is 5.91 Å². The Kier molecular flexibility index (Phi) is 3.46. The van der Waals surface area contributed by atoms with E-state index in [2.05, 4.69) is 28.2 Å². The third-order valence-corrected chi connectivity index (χ3v) is 4.93. The summed E-state index contributed by atoms with van der Waals surface area (Å²) in [7, 11) is 0. The minimum absolute atomic E-state index is 0.0751. The largest absolute Gasteiger partial charge is 0.350 e. The molecule has 0 radical (unpaired) electrons. The molecule has 0 atom stereocenters. The molecule has 0 saturated heterocycles. The fourth-order valence-electron chi connectivity index (χ4n) is 3.02. The van der Waals surface area contributed by atoms with Crippen LogP contribution in [0.15, 0.2) is 16.7 Å². The summed E-state index contributed by atoms with van der Waals surface area (Å²) in [6.07, 6.45) is 8.37. The Labute approximate surface area is 122 Å². The van der Waals surface area contributed by atoms with Crippen LogP contribution in [0.25, 0.3) is 0 Å². The van der Waals surface area contributed by atoms with Gasteiger partial charge in [-0.3, -0.25) is 4.79 Å². The Bertz CT molecular complexity index is 486. The topological polar surface area (TPSA) is 34.0 Å². The molecule has 3 nitrogen and oxygen atoms in total. The molecule has 2 saturated carbocycles. The van der Waals surface area contributed by atoms with Crippen molar-refractivity contribution in [1.82, 2.24) is 9.88 Å². The summed E-state index contributed by atoms with van der Waals surface area (Å²) >= 11 is 3.46. The van der Waals surface area contributed by atoms with Crippen LogP contribution < -0.4 is 5.32 Å². The predicted octanol–water partition coefficient (Wildman–Crippen LogP) is 3.58. The average Bonchev–Trinajstić information content (AvgIpc) is 3.25. The van der Waals surface area contributed by atoms with E-state index in [9.17, 15) is 4.79 Å². The lowest BCUT2D eigenvalue weighted by Gasteiger charge is -2.15. The number of nitrogens with one attached hydrogen (secondary N) is 1. The van der Waals surface area contributed by atoms with Crippen LogP contribution in [0.1, 0.15) is 49.5 Å². The number of carbonyl (C=O) groups excluding carboxylic acids is 1. The van der Waals surface area contributed by atoms with Crippen molar-refractivity contribution >= 4 is 21.8 Å². The second-order valence-electron chi connectivity index (χ2n) is 6.06. The summed E-state index contributed by atoms with van der Waals surface area (Å²) in [5.74, 6) is 0.966. The van der Waals surface area contributed by atoms with Crippen LogP contribution in [0.3, 0.4) is 0 Å².